The van der Waals surface area contributed by atoms with Gasteiger partial charge in [0, 0.05) is 22.0 Å². The average molecular weight is 262 g/mol. The first-order valence-corrected chi connectivity index (χ1v) is 6.00. The topological polar surface area (TPSA) is 21.3 Å². The first kappa shape index (κ1) is 9.49. The van der Waals surface area contributed by atoms with E-state index in [1.165, 1.54) is 4.88 Å². The summed E-state index contributed by atoms with van der Waals surface area (Å²) in [5.41, 5.74) is 0. The van der Waals surface area contributed by atoms with E-state index in [0.29, 0.717) is 6.10 Å². The highest BCUT2D eigenvalue weighted by Crippen LogP contribution is 2.33. The summed E-state index contributed by atoms with van der Waals surface area (Å²) < 4.78 is 6.95. The van der Waals surface area contributed by atoms with E-state index < -0.39 is 0 Å². The summed E-state index contributed by atoms with van der Waals surface area (Å²) in [6, 6.07) is 2.05. The molecule has 72 valence electrons. The summed E-state index contributed by atoms with van der Waals surface area (Å²) in [5, 5.41) is 4.31. The van der Waals surface area contributed by atoms with Crippen LogP contribution < -0.4 is 10.1 Å². The maximum absolute atomic E-state index is 5.80. The van der Waals surface area contributed by atoms with E-state index in [1.807, 2.05) is 0 Å². The number of aryl methyl sites for hydroxylation is 1. The van der Waals surface area contributed by atoms with Gasteiger partial charge in [0.05, 0.1) is 0 Å². The van der Waals surface area contributed by atoms with E-state index >= 15 is 0 Å². The molecule has 1 N–H and O–H groups in total. The van der Waals surface area contributed by atoms with Crippen molar-refractivity contribution in [2.24, 2.45) is 0 Å². The van der Waals surface area contributed by atoms with Gasteiger partial charge >= 0.3 is 0 Å². The van der Waals surface area contributed by atoms with Crippen LogP contribution in [0.15, 0.2) is 10.5 Å². The van der Waals surface area contributed by atoms with Gasteiger partial charge in [0.15, 0.2) is 5.06 Å². The summed E-state index contributed by atoms with van der Waals surface area (Å²) in [6.07, 6.45) is 1.49. The van der Waals surface area contributed by atoms with Gasteiger partial charge < -0.3 is 10.1 Å². The van der Waals surface area contributed by atoms with E-state index in [0.717, 1.165) is 29.0 Å². The lowest BCUT2D eigenvalue weighted by Gasteiger charge is -2.09. The lowest BCUT2D eigenvalue weighted by atomic mass is 10.3. The highest BCUT2D eigenvalue weighted by Gasteiger charge is 2.17. The van der Waals surface area contributed by atoms with Gasteiger partial charge in [0.25, 0.3) is 0 Å². The maximum atomic E-state index is 5.80. The predicted molar refractivity (Wildman–Crippen MR) is 58.7 cm³/mol. The molecule has 0 saturated carbocycles. The van der Waals surface area contributed by atoms with Crippen molar-refractivity contribution in [1.29, 1.82) is 0 Å². The number of hydrogen-bond donors (Lipinski definition) is 1. The monoisotopic (exact) mass is 261 g/mol. The van der Waals surface area contributed by atoms with Crippen LogP contribution in [0.4, 0.5) is 0 Å². The number of halogens is 1. The Morgan fingerprint density at radius 1 is 1.69 bits per heavy atom. The molecule has 2 heterocycles. The highest BCUT2D eigenvalue weighted by molar-refractivity contribution is 9.10. The second-order valence-corrected chi connectivity index (χ2v) is 5.28. The molecule has 0 spiro atoms. The van der Waals surface area contributed by atoms with Gasteiger partial charge in [-0.25, -0.2) is 0 Å². The minimum absolute atomic E-state index is 0.366. The summed E-state index contributed by atoms with van der Waals surface area (Å²) in [6.45, 7) is 4.15. The molecule has 1 aliphatic heterocycles. The fourth-order valence-electron chi connectivity index (χ4n) is 1.39. The van der Waals surface area contributed by atoms with Crippen molar-refractivity contribution >= 4 is 27.3 Å². The van der Waals surface area contributed by atoms with Crippen LogP contribution in [0.25, 0.3) is 0 Å². The first-order chi connectivity index (χ1) is 6.25. The fraction of sp³-hybridized carbons (Fsp3) is 0.556. The molecule has 1 aromatic rings. The predicted octanol–water partition coefficient (Wildman–Crippen LogP) is 2.56. The Labute approximate surface area is 90.4 Å². The zero-order valence-electron chi connectivity index (χ0n) is 7.47. The van der Waals surface area contributed by atoms with Gasteiger partial charge in [-0.3, -0.25) is 0 Å². The zero-order chi connectivity index (χ0) is 9.26. The van der Waals surface area contributed by atoms with Crippen molar-refractivity contribution in [2.75, 3.05) is 13.1 Å². The minimum atomic E-state index is 0.366. The van der Waals surface area contributed by atoms with Gasteiger partial charge in [0.1, 0.15) is 6.10 Å². The standard InChI is InChI=1S/C9H12BrNOS/c1-6-8(10)4-9(13-6)12-7-2-3-11-5-7/h4,7,11H,2-3,5H2,1H3. The van der Waals surface area contributed by atoms with Crippen LogP contribution in [-0.4, -0.2) is 19.2 Å². The zero-order valence-corrected chi connectivity index (χ0v) is 9.87. The Kier molecular flexibility index (Phi) is 2.91. The van der Waals surface area contributed by atoms with Gasteiger partial charge in [0.2, 0.25) is 0 Å². The molecule has 1 aliphatic rings. The highest BCUT2D eigenvalue weighted by atomic mass is 79.9. The number of nitrogens with one attached hydrogen (secondary N) is 1. The van der Waals surface area contributed by atoms with Crippen LogP contribution in [0.3, 0.4) is 0 Å². The summed E-state index contributed by atoms with van der Waals surface area (Å²) in [7, 11) is 0. The van der Waals surface area contributed by atoms with Crippen LogP contribution in [-0.2, 0) is 0 Å². The Morgan fingerprint density at radius 2 is 2.54 bits per heavy atom. The second-order valence-electron chi connectivity index (χ2n) is 3.20. The van der Waals surface area contributed by atoms with Crippen LogP contribution in [0.1, 0.15) is 11.3 Å². The fourth-order valence-corrected chi connectivity index (χ4v) is 2.81. The molecule has 1 aromatic heterocycles. The van der Waals surface area contributed by atoms with Crippen molar-refractivity contribution in [3.8, 4) is 5.06 Å². The Bertz CT molecular complexity index is 274. The van der Waals surface area contributed by atoms with E-state index in [4.69, 9.17) is 4.74 Å². The number of ether oxygens (including phenoxy) is 1. The molecule has 0 aliphatic carbocycles. The second kappa shape index (κ2) is 3.98. The Morgan fingerprint density at radius 3 is 3.08 bits per heavy atom. The molecule has 13 heavy (non-hydrogen) atoms. The van der Waals surface area contributed by atoms with Crippen molar-refractivity contribution < 1.29 is 4.74 Å². The summed E-state index contributed by atoms with van der Waals surface area (Å²) in [4.78, 5) is 1.28. The van der Waals surface area contributed by atoms with E-state index in [9.17, 15) is 0 Å². The van der Waals surface area contributed by atoms with Gasteiger partial charge in [-0.2, -0.15) is 0 Å². The molecule has 0 radical (unpaired) electrons. The van der Waals surface area contributed by atoms with Crippen molar-refractivity contribution in [3.63, 3.8) is 0 Å². The van der Waals surface area contributed by atoms with Crippen LogP contribution in [0.5, 0.6) is 5.06 Å². The normalized spacial score (nSPS) is 22.2. The molecule has 2 nitrogen and oxygen atoms in total. The smallest absolute Gasteiger partial charge is 0.175 e. The quantitative estimate of drug-likeness (QED) is 0.884. The third-order valence-electron chi connectivity index (χ3n) is 2.13. The first-order valence-electron chi connectivity index (χ1n) is 4.39. The molecule has 0 amide bonds. The SMILES string of the molecule is Cc1sc(OC2CCNC2)cc1Br. The van der Waals surface area contributed by atoms with Crippen molar-refractivity contribution in [1.82, 2.24) is 5.32 Å². The van der Waals surface area contributed by atoms with Crippen molar-refractivity contribution in [3.05, 3.63) is 15.4 Å². The Hall–Kier alpha value is -0.0600. The molecule has 0 bridgehead atoms. The Balaban J connectivity index is 2.00. The molecular formula is C9H12BrNOS. The molecule has 1 unspecified atom stereocenters. The molecular weight excluding hydrogens is 250 g/mol. The largest absolute Gasteiger partial charge is 0.479 e. The molecule has 0 aromatic carbocycles. The molecule has 1 atom stereocenters. The van der Waals surface area contributed by atoms with Gasteiger partial charge in [-0.15, -0.1) is 11.3 Å². The number of thiophene rings is 1. The third kappa shape index (κ3) is 2.24. The van der Waals surface area contributed by atoms with Crippen LogP contribution >= 0.6 is 27.3 Å². The molecule has 2 rings (SSSR count). The maximum Gasteiger partial charge on any atom is 0.175 e. The van der Waals surface area contributed by atoms with Crippen molar-refractivity contribution in [2.45, 2.75) is 19.4 Å². The number of rotatable bonds is 2. The minimum Gasteiger partial charge on any atom is -0.479 e. The molecule has 1 fully saturated rings. The van der Waals surface area contributed by atoms with Crippen LogP contribution in [0, 0.1) is 6.92 Å². The lowest BCUT2D eigenvalue weighted by molar-refractivity contribution is 0.230. The lowest BCUT2D eigenvalue weighted by Crippen LogP contribution is -2.18. The molecule has 4 heteroatoms. The van der Waals surface area contributed by atoms with E-state index in [1.54, 1.807) is 11.3 Å². The van der Waals surface area contributed by atoms with E-state index in [2.05, 4.69) is 34.2 Å². The average Bonchev–Trinajstić information content (AvgIpc) is 2.64. The van der Waals surface area contributed by atoms with Gasteiger partial charge in [-0.1, -0.05) is 0 Å². The number of hydrogen-bond acceptors (Lipinski definition) is 3. The van der Waals surface area contributed by atoms with Gasteiger partial charge in [-0.05, 0) is 35.8 Å². The summed E-state index contributed by atoms with van der Waals surface area (Å²) in [5.74, 6) is 0. The summed E-state index contributed by atoms with van der Waals surface area (Å²) >= 11 is 5.18. The molecule has 1 saturated heterocycles. The van der Waals surface area contributed by atoms with Crippen LogP contribution in [0.2, 0.25) is 0 Å². The third-order valence-corrected chi connectivity index (χ3v) is 4.16. The van der Waals surface area contributed by atoms with E-state index in [-0.39, 0.29) is 0 Å².